The zero-order chi connectivity index (χ0) is 44.7. The Kier molecular flexibility index (Phi) is 35.4. The molecular weight excluding hydrogens is 775 g/mol. The quantitative estimate of drug-likeness (QED) is 0.0365. The van der Waals surface area contributed by atoms with E-state index in [1.165, 1.54) is 134 Å². The molecule has 0 N–H and O–H groups in total. The Hall–Kier alpha value is -2.16. The van der Waals surface area contributed by atoms with Gasteiger partial charge >= 0.3 is 12.1 Å². The molecule has 0 aliphatic carbocycles. The SMILES string of the molecule is CCCCCCCCOC(CCC(=O)OCc1cc(CCC(CCCCCC)CCCCCCCC)cc(COC(=O)OCC2CCCN(CC)C2)c1)OCCCCCCCC. The number of aryl methyl sites for hydroxylation is 1. The smallest absolute Gasteiger partial charge is 0.461 e. The molecule has 1 aromatic carbocycles. The van der Waals surface area contributed by atoms with Gasteiger partial charge in [0.15, 0.2) is 6.29 Å². The summed E-state index contributed by atoms with van der Waals surface area (Å²) >= 11 is 0. The molecule has 2 rings (SSSR count). The molecule has 8 heteroatoms. The molecule has 1 aromatic rings. The van der Waals surface area contributed by atoms with Crippen LogP contribution in [0.5, 0.6) is 0 Å². The van der Waals surface area contributed by atoms with E-state index in [9.17, 15) is 9.59 Å². The van der Waals surface area contributed by atoms with E-state index in [4.69, 9.17) is 23.7 Å². The van der Waals surface area contributed by atoms with Crippen LogP contribution in [0.15, 0.2) is 18.2 Å². The summed E-state index contributed by atoms with van der Waals surface area (Å²) in [6, 6.07) is 6.37. The Labute approximate surface area is 382 Å². The van der Waals surface area contributed by atoms with Crippen molar-refractivity contribution in [1.82, 2.24) is 4.90 Å². The van der Waals surface area contributed by atoms with Gasteiger partial charge in [0.1, 0.15) is 13.2 Å². The summed E-state index contributed by atoms with van der Waals surface area (Å²) in [5, 5.41) is 0. The minimum atomic E-state index is -0.616. The molecule has 0 spiro atoms. The summed E-state index contributed by atoms with van der Waals surface area (Å²) in [4.78, 5) is 28.4. The molecule has 1 aliphatic rings. The molecule has 0 aromatic heterocycles. The maximum atomic E-state index is 13.2. The van der Waals surface area contributed by atoms with Crippen LogP contribution in [-0.2, 0) is 48.1 Å². The minimum Gasteiger partial charge on any atom is -0.461 e. The first-order valence-electron chi connectivity index (χ1n) is 26.4. The van der Waals surface area contributed by atoms with Gasteiger partial charge in [0.25, 0.3) is 0 Å². The lowest BCUT2D eigenvalue weighted by Gasteiger charge is -2.31. The van der Waals surface area contributed by atoms with Gasteiger partial charge in [-0.3, -0.25) is 4.79 Å². The van der Waals surface area contributed by atoms with Crippen LogP contribution in [0.3, 0.4) is 0 Å². The van der Waals surface area contributed by atoms with E-state index in [0.29, 0.717) is 38.1 Å². The van der Waals surface area contributed by atoms with Crippen LogP contribution in [0.1, 0.15) is 238 Å². The summed E-state index contributed by atoms with van der Waals surface area (Å²) < 4.78 is 29.6. The van der Waals surface area contributed by atoms with Gasteiger partial charge in [0.2, 0.25) is 0 Å². The van der Waals surface area contributed by atoms with Crippen molar-refractivity contribution >= 4 is 12.1 Å². The van der Waals surface area contributed by atoms with Crippen molar-refractivity contribution in [2.24, 2.45) is 11.8 Å². The topological polar surface area (TPSA) is 83.5 Å². The van der Waals surface area contributed by atoms with Crippen molar-refractivity contribution in [2.75, 3.05) is 39.5 Å². The van der Waals surface area contributed by atoms with E-state index in [1.807, 2.05) is 6.07 Å². The number of benzene rings is 1. The number of rotatable bonds is 41. The van der Waals surface area contributed by atoms with Crippen molar-refractivity contribution in [1.29, 1.82) is 0 Å². The number of hydrogen-bond acceptors (Lipinski definition) is 8. The maximum Gasteiger partial charge on any atom is 0.508 e. The molecular formula is C54H97NO7. The van der Waals surface area contributed by atoms with Crippen molar-refractivity contribution < 1.29 is 33.3 Å². The van der Waals surface area contributed by atoms with E-state index < -0.39 is 12.4 Å². The molecule has 0 amide bonds. The van der Waals surface area contributed by atoms with Crippen LogP contribution >= 0.6 is 0 Å². The number of nitrogens with zero attached hydrogens (tertiary/aromatic N) is 1. The van der Waals surface area contributed by atoms with Crippen LogP contribution in [0.4, 0.5) is 4.79 Å². The summed E-state index contributed by atoms with van der Waals surface area (Å²) in [6.07, 6.45) is 34.2. The number of ether oxygens (including phenoxy) is 5. The third-order valence-corrected chi connectivity index (χ3v) is 12.8. The van der Waals surface area contributed by atoms with Crippen LogP contribution in [0, 0.1) is 11.8 Å². The third-order valence-electron chi connectivity index (χ3n) is 12.8. The number of carbonyl (C=O) groups is 2. The molecule has 2 unspecified atom stereocenters. The number of hydrogen-bond donors (Lipinski definition) is 0. The van der Waals surface area contributed by atoms with Gasteiger partial charge < -0.3 is 28.6 Å². The van der Waals surface area contributed by atoms with Crippen molar-refractivity contribution in [3.8, 4) is 0 Å². The molecule has 1 fully saturated rings. The summed E-state index contributed by atoms with van der Waals surface area (Å²) in [7, 11) is 0. The average molecular weight is 872 g/mol. The van der Waals surface area contributed by atoms with Crippen LogP contribution in [0.25, 0.3) is 0 Å². The lowest BCUT2D eigenvalue weighted by molar-refractivity contribution is -0.160. The molecule has 0 saturated carbocycles. The van der Waals surface area contributed by atoms with Crippen molar-refractivity contribution in [3.63, 3.8) is 0 Å². The van der Waals surface area contributed by atoms with Crippen LogP contribution < -0.4 is 0 Å². The Morgan fingerprint density at radius 1 is 0.581 bits per heavy atom. The van der Waals surface area contributed by atoms with E-state index >= 15 is 0 Å². The van der Waals surface area contributed by atoms with Gasteiger partial charge in [-0.2, -0.15) is 0 Å². The van der Waals surface area contributed by atoms with E-state index in [0.717, 1.165) is 82.1 Å². The second-order valence-electron chi connectivity index (χ2n) is 18.6. The Morgan fingerprint density at radius 3 is 1.65 bits per heavy atom. The number of unbranched alkanes of at least 4 members (excludes halogenated alkanes) is 18. The van der Waals surface area contributed by atoms with Crippen LogP contribution in [-0.4, -0.2) is 62.8 Å². The largest absolute Gasteiger partial charge is 0.508 e. The Balaban J connectivity index is 2.05. The highest BCUT2D eigenvalue weighted by molar-refractivity contribution is 5.69. The van der Waals surface area contributed by atoms with Gasteiger partial charge in [-0.25, -0.2) is 4.79 Å². The molecule has 8 nitrogen and oxygen atoms in total. The number of piperidine rings is 1. The summed E-state index contributed by atoms with van der Waals surface area (Å²) in [6.45, 7) is 16.4. The second-order valence-corrected chi connectivity index (χ2v) is 18.6. The van der Waals surface area contributed by atoms with Gasteiger partial charge in [0, 0.05) is 32.1 Å². The monoisotopic (exact) mass is 872 g/mol. The second kappa shape index (κ2) is 39.2. The fourth-order valence-corrected chi connectivity index (χ4v) is 8.85. The molecule has 360 valence electrons. The minimum absolute atomic E-state index is 0.130. The zero-order valence-electron chi connectivity index (χ0n) is 41.1. The van der Waals surface area contributed by atoms with E-state index in [1.54, 1.807) is 0 Å². The molecule has 0 radical (unpaired) electrons. The predicted octanol–water partition coefficient (Wildman–Crippen LogP) is 15.2. The van der Waals surface area contributed by atoms with Crippen LogP contribution in [0.2, 0.25) is 0 Å². The first kappa shape index (κ1) is 56.0. The zero-order valence-corrected chi connectivity index (χ0v) is 41.1. The summed E-state index contributed by atoms with van der Waals surface area (Å²) in [5.74, 6) is 0.807. The molecule has 1 saturated heterocycles. The van der Waals surface area contributed by atoms with E-state index in [2.05, 4.69) is 51.7 Å². The highest BCUT2D eigenvalue weighted by Crippen LogP contribution is 2.25. The Morgan fingerprint density at radius 2 is 1.08 bits per heavy atom. The Bertz CT molecular complexity index is 1190. The lowest BCUT2D eigenvalue weighted by atomic mass is 9.88. The normalized spacial score (nSPS) is 15.0. The predicted molar refractivity (Wildman–Crippen MR) is 257 cm³/mol. The molecule has 1 heterocycles. The fourth-order valence-electron chi connectivity index (χ4n) is 8.85. The van der Waals surface area contributed by atoms with Crippen molar-refractivity contribution in [3.05, 3.63) is 34.9 Å². The van der Waals surface area contributed by atoms with Gasteiger partial charge in [-0.05, 0) is 80.3 Å². The number of likely N-dealkylation sites (tertiary alicyclic amines) is 1. The lowest BCUT2D eigenvalue weighted by Crippen LogP contribution is -2.37. The van der Waals surface area contributed by atoms with Gasteiger partial charge in [-0.1, -0.05) is 188 Å². The first-order valence-corrected chi connectivity index (χ1v) is 26.4. The van der Waals surface area contributed by atoms with Crippen molar-refractivity contribution in [2.45, 2.75) is 247 Å². The standard InChI is InChI=1S/C54H97NO7/c1-6-11-15-19-22-26-31-47(30-25-18-14-9-4)33-34-48-40-50(42-51(41-48)46-62-54(57)61-44-49-32-29-37-55(10-5)43-49)45-60-52(56)35-36-53(58-38-27-23-20-16-12-7-2)59-39-28-24-21-17-13-8-3/h40-42,47,49,53H,6-39,43-46H2,1-5H3. The van der Waals surface area contributed by atoms with Gasteiger partial charge in [-0.15, -0.1) is 0 Å². The maximum absolute atomic E-state index is 13.2. The average Bonchev–Trinajstić information content (AvgIpc) is 3.29. The third kappa shape index (κ3) is 30.1. The fraction of sp³-hybridized carbons (Fsp3) is 0.852. The number of esters is 1. The molecule has 2 atom stereocenters. The highest BCUT2D eigenvalue weighted by Gasteiger charge is 2.21. The first-order chi connectivity index (χ1) is 30.4. The summed E-state index contributed by atoms with van der Waals surface area (Å²) in [5.41, 5.74) is 3.04. The molecule has 0 bridgehead atoms. The highest BCUT2D eigenvalue weighted by atomic mass is 16.7. The molecule has 1 aliphatic heterocycles. The van der Waals surface area contributed by atoms with Gasteiger partial charge in [0.05, 0.1) is 13.0 Å². The number of carbonyl (C=O) groups excluding carboxylic acids is 2. The van der Waals surface area contributed by atoms with E-state index in [-0.39, 0.29) is 25.6 Å². The molecule has 62 heavy (non-hydrogen) atoms.